The topological polar surface area (TPSA) is 20.2 Å². The summed E-state index contributed by atoms with van der Waals surface area (Å²) >= 11 is 3.45. The molecule has 0 spiro atoms. The molecule has 0 fully saturated rings. The molecule has 2 aromatic rings. The lowest BCUT2D eigenvalue weighted by atomic mass is 9.94. The molecule has 0 aromatic heterocycles. The van der Waals surface area contributed by atoms with Crippen molar-refractivity contribution in [3.8, 4) is 0 Å². The van der Waals surface area contributed by atoms with Gasteiger partial charge in [-0.1, -0.05) is 58.4 Å². The van der Waals surface area contributed by atoms with Gasteiger partial charge < -0.3 is 5.11 Å². The lowest BCUT2D eigenvalue weighted by Gasteiger charge is -2.14. The van der Waals surface area contributed by atoms with Gasteiger partial charge in [0, 0.05) is 11.1 Å². The van der Waals surface area contributed by atoms with Gasteiger partial charge in [0.25, 0.3) is 0 Å². The van der Waals surface area contributed by atoms with Crippen molar-refractivity contribution in [1.82, 2.24) is 0 Å². The molecule has 1 atom stereocenters. The number of aryl methyl sites for hydroxylation is 1. The Labute approximate surface area is 129 Å². The van der Waals surface area contributed by atoms with Crippen LogP contribution in [0.1, 0.15) is 24.0 Å². The third-order valence-electron chi connectivity index (χ3n) is 3.62. The van der Waals surface area contributed by atoms with Crippen LogP contribution in [0.2, 0.25) is 0 Å². The Bertz CT molecular complexity index is 493. The van der Waals surface area contributed by atoms with Crippen molar-refractivity contribution in [2.24, 2.45) is 5.92 Å². The second kappa shape index (κ2) is 8.23. The van der Waals surface area contributed by atoms with E-state index < -0.39 is 0 Å². The molecule has 0 aliphatic heterocycles. The number of rotatable bonds is 7. The van der Waals surface area contributed by atoms with E-state index in [4.69, 9.17) is 0 Å². The first-order valence-electron chi connectivity index (χ1n) is 7.17. The van der Waals surface area contributed by atoms with Crippen LogP contribution in [-0.4, -0.2) is 11.7 Å². The molecular formula is C18H21BrO. The Balaban J connectivity index is 1.79. The molecule has 0 saturated heterocycles. The largest absolute Gasteiger partial charge is 0.396 e. The number of halogens is 1. The molecule has 2 rings (SSSR count). The van der Waals surface area contributed by atoms with E-state index in [0.29, 0.717) is 5.92 Å². The first-order valence-corrected chi connectivity index (χ1v) is 7.96. The smallest absolute Gasteiger partial charge is 0.0462 e. The Morgan fingerprint density at radius 1 is 0.900 bits per heavy atom. The zero-order valence-electron chi connectivity index (χ0n) is 11.6. The molecule has 0 aliphatic rings. The lowest BCUT2D eigenvalue weighted by Crippen LogP contribution is -2.10. The predicted molar refractivity (Wildman–Crippen MR) is 87.8 cm³/mol. The molecule has 2 heteroatoms. The van der Waals surface area contributed by atoms with Gasteiger partial charge in [0.05, 0.1) is 0 Å². The van der Waals surface area contributed by atoms with Crippen LogP contribution < -0.4 is 0 Å². The van der Waals surface area contributed by atoms with Crippen molar-refractivity contribution < 1.29 is 5.11 Å². The third kappa shape index (κ3) is 5.10. The van der Waals surface area contributed by atoms with Gasteiger partial charge in [-0.05, 0) is 54.9 Å². The Kier molecular flexibility index (Phi) is 6.28. The van der Waals surface area contributed by atoms with E-state index in [9.17, 15) is 5.11 Å². The Morgan fingerprint density at radius 2 is 1.60 bits per heavy atom. The molecule has 0 aliphatic carbocycles. The molecule has 0 amide bonds. The summed E-state index contributed by atoms with van der Waals surface area (Å²) in [5.74, 6) is 0.361. The standard InChI is InChI=1S/C18H21BrO/c19-18-11-9-16(10-12-18)13-17(14-20)8-4-7-15-5-2-1-3-6-15/h1-3,5-6,9-12,17,20H,4,7-8,13-14H2. The predicted octanol–water partition coefficient (Wildman–Crippen LogP) is 4.62. The van der Waals surface area contributed by atoms with Crippen LogP contribution >= 0.6 is 15.9 Å². The number of benzene rings is 2. The first-order chi connectivity index (χ1) is 9.78. The van der Waals surface area contributed by atoms with Crippen molar-refractivity contribution in [2.45, 2.75) is 25.7 Å². The van der Waals surface area contributed by atoms with E-state index in [1.54, 1.807) is 0 Å². The van der Waals surface area contributed by atoms with Crippen LogP contribution in [0.3, 0.4) is 0 Å². The second-order valence-corrected chi connectivity index (χ2v) is 6.17. The number of hydrogen-bond acceptors (Lipinski definition) is 1. The van der Waals surface area contributed by atoms with Gasteiger partial charge in [-0.15, -0.1) is 0 Å². The fourth-order valence-corrected chi connectivity index (χ4v) is 2.72. The molecule has 1 nitrogen and oxygen atoms in total. The van der Waals surface area contributed by atoms with Gasteiger partial charge in [0.1, 0.15) is 0 Å². The van der Waals surface area contributed by atoms with Gasteiger partial charge in [-0.25, -0.2) is 0 Å². The normalized spacial score (nSPS) is 12.3. The summed E-state index contributed by atoms with van der Waals surface area (Å²) in [4.78, 5) is 0. The molecule has 20 heavy (non-hydrogen) atoms. The molecule has 0 heterocycles. The first kappa shape index (κ1) is 15.3. The fourth-order valence-electron chi connectivity index (χ4n) is 2.45. The highest BCUT2D eigenvalue weighted by Gasteiger charge is 2.08. The molecular weight excluding hydrogens is 312 g/mol. The zero-order valence-corrected chi connectivity index (χ0v) is 13.2. The minimum atomic E-state index is 0.269. The van der Waals surface area contributed by atoms with Crippen LogP contribution in [0.5, 0.6) is 0 Å². The maximum absolute atomic E-state index is 9.53. The third-order valence-corrected chi connectivity index (χ3v) is 4.15. The summed E-state index contributed by atoms with van der Waals surface area (Å²) < 4.78 is 1.10. The van der Waals surface area contributed by atoms with Crippen LogP contribution in [-0.2, 0) is 12.8 Å². The highest BCUT2D eigenvalue weighted by atomic mass is 79.9. The number of aliphatic hydroxyl groups excluding tert-OH is 1. The van der Waals surface area contributed by atoms with Crippen LogP contribution in [0.4, 0.5) is 0 Å². The minimum absolute atomic E-state index is 0.269. The minimum Gasteiger partial charge on any atom is -0.396 e. The monoisotopic (exact) mass is 332 g/mol. The highest BCUT2D eigenvalue weighted by molar-refractivity contribution is 9.10. The van der Waals surface area contributed by atoms with Crippen LogP contribution in [0.15, 0.2) is 59.1 Å². The lowest BCUT2D eigenvalue weighted by molar-refractivity contribution is 0.216. The zero-order chi connectivity index (χ0) is 14.2. The van der Waals surface area contributed by atoms with Crippen LogP contribution in [0, 0.1) is 5.92 Å². The van der Waals surface area contributed by atoms with Gasteiger partial charge in [-0.2, -0.15) is 0 Å². The van der Waals surface area contributed by atoms with E-state index >= 15 is 0 Å². The fraction of sp³-hybridized carbons (Fsp3) is 0.333. The quantitative estimate of drug-likeness (QED) is 0.784. The van der Waals surface area contributed by atoms with E-state index in [1.807, 2.05) is 6.07 Å². The molecule has 2 aromatic carbocycles. The average molecular weight is 333 g/mol. The summed E-state index contributed by atoms with van der Waals surface area (Å²) in [5.41, 5.74) is 2.68. The maximum atomic E-state index is 9.53. The van der Waals surface area contributed by atoms with Gasteiger partial charge in [0.2, 0.25) is 0 Å². The molecule has 0 saturated carbocycles. The molecule has 1 N–H and O–H groups in total. The number of hydrogen-bond donors (Lipinski definition) is 1. The van der Waals surface area contributed by atoms with E-state index in [-0.39, 0.29) is 6.61 Å². The maximum Gasteiger partial charge on any atom is 0.0462 e. The summed E-state index contributed by atoms with van der Waals surface area (Å²) in [7, 11) is 0. The molecule has 1 unspecified atom stereocenters. The number of aliphatic hydroxyl groups is 1. The van der Waals surface area contributed by atoms with Gasteiger partial charge >= 0.3 is 0 Å². The Hall–Kier alpha value is -1.12. The van der Waals surface area contributed by atoms with E-state index in [0.717, 1.165) is 30.2 Å². The van der Waals surface area contributed by atoms with Gasteiger partial charge in [0.15, 0.2) is 0 Å². The SMILES string of the molecule is OCC(CCCc1ccccc1)Cc1ccc(Br)cc1. The summed E-state index contributed by atoms with van der Waals surface area (Å²) in [6, 6.07) is 18.9. The average Bonchev–Trinajstić information content (AvgIpc) is 2.49. The summed E-state index contributed by atoms with van der Waals surface area (Å²) in [6.07, 6.45) is 4.25. The molecule has 0 radical (unpaired) electrons. The van der Waals surface area contributed by atoms with Crippen molar-refractivity contribution in [3.05, 3.63) is 70.2 Å². The van der Waals surface area contributed by atoms with Gasteiger partial charge in [-0.3, -0.25) is 0 Å². The van der Waals surface area contributed by atoms with E-state index in [1.165, 1.54) is 11.1 Å². The van der Waals surface area contributed by atoms with E-state index in [2.05, 4.69) is 64.5 Å². The second-order valence-electron chi connectivity index (χ2n) is 5.26. The van der Waals surface area contributed by atoms with Crippen LogP contribution in [0.25, 0.3) is 0 Å². The molecule has 106 valence electrons. The van der Waals surface area contributed by atoms with Crippen molar-refractivity contribution in [2.75, 3.05) is 6.61 Å². The van der Waals surface area contributed by atoms with Crippen molar-refractivity contribution >= 4 is 15.9 Å². The summed E-state index contributed by atoms with van der Waals surface area (Å²) in [5, 5.41) is 9.53. The highest BCUT2D eigenvalue weighted by Crippen LogP contribution is 2.18. The van der Waals surface area contributed by atoms with Crippen molar-refractivity contribution in [1.29, 1.82) is 0 Å². The molecule has 0 bridgehead atoms. The Morgan fingerprint density at radius 3 is 2.25 bits per heavy atom. The summed E-state index contributed by atoms with van der Waals surface area (Å²) in [6.45, 7) is 0.269. The van der Waals surface area contributed by atoms with Crippen molar-refractivity contribution in [3.63, 3.8) is 0 Å².